The summed E-state index contributed by atoms with van der Waals surface area (Å²) < 4.78 is 5.97. The third-order valence-corrected chi connectivity index (χ3v) is 5.76. The highest BCUT2D eigenvalue weighted by Crippen LogP contribution is 2.56. The first-order chi connectivity index (χ1) is 11.7. The summed E-state index contributed by atoms with van der Waals surface area (Å²) in [5.74, 6) is 0.0659. The molecule has 1 N–H and O–H groups in total. The van der Waals surface area contributed by atoms with Crippen LogP contribution in [0, 0.1) is 5.41 Å². The Balaban J connectivity index is 1.51. The Labute approximate surface area is 144 Å². The van der Waals surface area contributed by atoms with Crippen LogP contribution >= 0.6 is 0 Å². The van der Waals surface area contributed by atoms with Crippen LogP contribution in [0.2, 0.25) is 0 Å². The van der Waals surface area contributed by atoms with Crippen molar-refractivity contribution in [2.75, 3.05) is 20.2 Å². The van der Waals surface area contributed by atoms with E-state index in [0.717, 1.165) is 18.7 Å². The molecule has 1 aromatic rings. The first kappa shape index (κ1) is 17.4. The van der Waals surface area contributed by atoms with Crippen LogP contribution in [0.3, 0.4) is 0 Å². The highest BCUT2D eigenvalue weighted by Gasteiger charge is 2.57. The van der Waals surface area contributed by atoms with Crippen molar-refractivity contribution in [3.05, 3.63) is 30.1 Å². The van der Waals surface area contributed by atoms with Gasteiger partial charge in [-0.2, -0.15) is 0 Å². The van der Waals surface area contributed by atoms with E-state index < -0.39 is 0 Å². The van der Waals surface area contributed by atoms with Crippen LogP contribution in [0.25, 0.3) is 0 Å². The van der Waals surface area contributed by atoms with Gasteiger partial charge < -0.3 is 10.1 Å². The summed E-state index contributed by atoms with van der Waals surface area (Å²) in [5.41, 5.74) is 1.17. The van der Waals surface area contributed by atoms with E-state index in [-0.39, 0.29) is 11.3 Å². The van der Waals surface area contributed by atoms with Crippen LogP contribution in [0.5, 0.6) is 0 Å². The van der Waals surface area contributed by atoms with Gasteiger partial charge in [0.1, 0.15) is 0 Å². The van der Waals surface area contributed by atoms with E-state index in [1.165, 1.54) is 25.7 Å². The Morgan fingerprint density at radius 2 is 2.21 bits per heavy atom. The monoisotopic (exact) mass is 331 g/mol. The van der Waals surface area contributed by atoms with E-state index >= 15 is 0 Å². The van der Waals surface area contributed by atoms with Crippen LogP contribution in [-0.2, 0) is 16.1 Å². The molecule has 2 fully saturated rings. The van der Waals surface area contributed by atoms with Gasteiger partial charge in [0.25, 0.3) is 0 Å². The Bertz CT molecular complexity index is 543. The third-order valence-electron chi connectivity index (χ3n) is 5.76. The van der Waals surface area contributed by atoms with E-state index in [1.807, 2.05) is 18.2 Å². The fourth-order valence-electron chi connectivity index (χ4n) is 4.55. The SMILES string of the molecule is CCO[C@H]1C[C@H](N(C)CC(=O)NCc2ccccn2)C12CCCC2. The number of rotatable bonds is 7. The van der Waals surface area contributed by atoms with E-state index in [1.54, 1.807) is 6.20 Å². The van der Waals surface area contributed by atoms with Gasteiger partial charge in [0, 0.05) is 24.3 Å². The molecule has 132 valence electrons. The standard InChI is InChI=1S/C19H29N3O2/c1-3-24-17-12-16(19(17)9-5-6-10-19)22(2)14-18(23)21-13-15-8-4-7-11-20-15/h4,7-8,11,16-17H,3,5-6,9-10,12-14H2,1-2H3,(H,21,23)/t16-,17-/m0/s1. The molecule has 2 aliphatic carbocycles. The van der Waals surface area contributed by atoms with Crippen LogP contribution in [0.4, 0.5) is 0 Å². The first-order valence-electron chi connectivity index (χ1n) is 9.14. The average molecular weight is 331 g/mol. The number of hydrogen-bond acceptors (Lipinski definition) is 4. The normalized spacial score (nSPS) is 25.0. The molecule has 3 rings (SSSR count). The van der Waals surface area contributed by atoms with Gasteiger partial charge in [-0.25, -0.2) is 0 Å². The minimum Gasteiger partial charge on any atom is -0.378 e. The topological polar surface area (TPSA) is 54.5 Å². The van der Waals surface area contributed by atoms with Crippen molar-refractivity contribution in [2.24, 2.45) is 5.41 Å². The second-order valence-corrected chi connectivity index (χ2v) is 7.15. The smallest absolute Gasteiger partial charge is 0.234 e. The van der Waals surface area contributed by atoms with E-state index in [0.29, 0.717) is 25.2 Å². The Hall–Kier alpha value is -1.46. The molecule has 2 atom stereocenters. The van der Waals surface area contributed by atoms with Gasteiger partial charge in [0.2, 0.25) is 5.91 Å². The van der Waals surface area contributed by atoms with Gasteiger partial charge in [0.15, 0.2) is 0 Å². The first-order valence-corrected chi connectivity index (χ1v) is 9.14. The number of carbonyl (C=O) groups is 1. The van der Waals surface area contributed by atoms with Crippen molar-refractivity contribution < 1.29 is 9.53 Å². The lowest BCUT2D eigenvalue weighted by Crippen LogP contribution is -2.63. The molecule has 2 aliphatic rings. The number of hydrogen-bond donors (Lipinski definition) is 1. The lowest BCUT2D eigenvalue weighted by atomic mass is 9.60. The highest BCUT2D eigenvalue weighted by molar-refractivity contribution is 5.78. The number of ether oxygens (including phenoxy) is 1. The summed E-state index contributed by atoms with van der Waals surface area (Å²) in [6.07, 6.45) is 8.25. The number of pyridine rings is 1. The summed E-state index contributed by atoms with van der Waals surface area (Å²) in [5, 5.41) is 2.97. The molecule has 1 amide bonds. The van der Waals surface area contributed by atoms with Crippen LogP contribution in [0.1, 0.15) is 44.7 Å². The largest absolute Gasteiger partial charge is 0.378 e. The summed E-state index contributed by atoms with van der Waals surface area (Å²) in [4.78, 5) is 18.7. The molecule has 1 aromatic heterocycles. The number of amides is 1. The van der Waals surface area contributed by atoms with Gasteiger partial charge in [-0.1, -0.05) is 18.9 Å². The van der Waals surface area contributed by atoms with Gasteiger partial charge >= 0.3 is 0 Å². The predicted molar refractivity (Wildman–Crippen MR) is 93.4 cm³/mol. The zero-order chi connectivity index (χ0) is 17.0. The fourth-order valence-corrected chi connectivity index (χ4v) is 4.55. The van der Waals surface area contributed by atoms with Crippen molar-refractivity contribution >= 4 is 5.91 Å². The van der Waals surface area contributed by atoms with Gasteiger partial charge in [0.05, 0.1) is 24.9 Å². The highest BCUT2D eigenvalue weighted by atomic mass is 16.5. The number of likely N-dealkylation sites (N-methyl/N-ethyl adjacent to an activating group) is 1. The molecule has 1 spiro atoms. The summed E-state index contributed by atoms with van der Waals surface area (Å²) >= 11 is 0. The van der Waals surface area contributed by atoms with E-state index in [2.05, 4.69) is 29.2 Å². The number of nitrogens with zero attached hydrogens (tertiary/aromatic N) is 2. The molecule has 0 aromatic carbocycles. The second kappa shape index (κ2) is 7.62. The number of carbonyl (C=O) groups excluding carboxylic acids is 1. The predicted octanol–water partition coefficient (Wildman–Crippen LogP) is 2.37. The third kappa shape index (κ3) is 3.47. The quantitative estimate of drug-likeness (QED) is 0.833. The molecule has 1 heterocycles. The molecule has 24 heavy (non-hydrogen) atoms. The van der Waals surface area contributed by atoms with Crippen molar-refractivity contribution in [1.29, 1.82) is 0 Å². The molecular weight excluding hydrogens is 302 g/mol. The molecule has 5 nitrogen and oxygen atoms in total. The van der Waals surface area contributed by atoms with Gasteiger partial charge in [-0.15, -0.1) is 0 Å². The van der Waals surface area contributed by atoms with Crippen molar-refractivity contribution in [2.45, 2.75) is 57.7 Å². The summed E-state index contributed by atoms with van der Waals surface area (Å²) in [6, 6.07) is 6.21. The molecule has 0 unspecified atom stereocenters. The lowest BCUT2D eigenvalue weighted by molar-refractivity contribution is -0.163. The fraction of sp³-hybridized carbons (Fsp3) is 0.684. The number of aromatic nitrogens is 1. The number of nitrogens with one attached hydrogen (secondary N) is 1. The molecule has 5 heteroatoms. The van der Waals surface area contributed by atoms with Crippen molar-refractivity contribution in [1.82, 2.24) is 15.2 Å². The maximum absolute atomic E-state index is 12.3. The van der Waals surface area contributed by atoms with Crippen LogP contribution < -0.4 is 5.32 Å². The van der Waals surface area contributed by atoms with E-state index in [4.69, 9.17) is 4.74 Å². The summed E-state index contributed by atoms with van der Waals surface area (Å²) in [7, 11) is 2.08. The molecule has 0 bridgehead atoms. The van der Waals surface area contributed by atoms with E-state index in [9.17, 15) is 4.79 Å². The average Bonchev–Trinajstić information content (AvgIpc) is 3.10. The van der Waals surface area contributed by atoms with Gasteiger partial charge in [-0.05, 0) is 45.4 Å². The minimum absolute atomic E-state index is 0.0659. The Morgan fingerprint density at radius 1 is 1.42 bits per heavy atom. The minimum atomic E-state index is 0.0659. The second-order valence-electron chi connectivity index (χ2n) is 7.15. The molecule has 0 saturated heterocycles. The van der Waals surface area contributed by atoms with Crippen molar-refractivity contribution in [3.8, 4) is 0 Å². The zero-order valence-electron chi connectivity index (χ0n) is 14.8. The molecule has 2 saturated carbocycles. The van der Waals surface area contributed by atoms with Gasteiger partial charge in [-0.3, -0.25) is 14.7 Å². The van der Waals surface area contributed by atoms with Crippen LogP contribution in [-0.4, -0.2) is 48.1 Å². The lowest BCUT2D eigenvalue weighted by Gasteiger charge is -2.57. The Morgan fingerprint density at radius 3 is 2.88 bits per heavy atom. The summed E-state index contributed by atoms with van der Waals surface area (Å²) in [6.45, 7) is 3.79. The Kier molecular flexibility index (Phi) is 5.51. The van der Waals surface area contributed by atoms with Crippen molar-refractivity contribution in [3.63, 3.8) is 0 Å². The maximum Gasteiger partial charge on any atom is 0.234 e. The molecule has 0 aliphatic heterocycles. The zero-order valence-corrected chi connectivity index (χ0v) is 14.8. The van der Waals surface area contributed by atoms with Crippen LogP contribution in [0.15, 0.2) is 24.4 Å². The molecular formula is C19H29N3O2. The maximum atomic E-state index is 12.3. The molecule has 0 radical (unpaired) electrons.